The lowest BCUT2D eigenvalue weighted by Crippen LogP contribution is -2.44. The van der Waals surface area contributed by atoms with E-state index in [9.17, 15) is 9.59 Å². The van der Waals surface area contributed by atoms with Gasteiger partial charge >= 0.3 is 0 Å². The number of pyridine rings is 1. The average molecular weight is 365 g/mol. The summed E-state index contributed by atoms with van der Waals surface area (Å²) in [5.74, 6) is -0.132. The maximum absolute atomic E-state index is 12.9. The summed E-state index contributed by atoms with van der Waals surface area (Å²) in [4.78, 5) is 32.2. The first-order valence-electron chi connectivity index (χ1n) is 10.1. The van der Waals surface area contributed by atoms with Gasteiger partial charge in [-0.05, 0) is 43.4 Å². The van der Waals surface area contributed by atoms with E-state index >= 15 is 0 Å². The summed E-state index contributed by atoms with van der Waals surface area (Å²) in [6, 6.07) is 10.0. The molecule has 0 spiro atoms. The highest BCUT2D eigenvalue weighted by Gasteiger charge is 2.38. The van der Waals surface area contributed by atoms with Crippen LogP contribution in [0.25, 0.3) is 10.9 Å². The summed E-state index contributed by atoms with van der Waals surface area (Å²) in [5.41, 5.74) is 1.94. The summed E-state index contributed by atoms with van der Waals surface area (Å²) in [5, 5.41) is 4.13. The number of aromatic nitrogens is 1. The molecule has 4 rings (SSSR count). The maximum Gasteiger partial charge on any atom is 0.226 e. The molecule has 2 atom stereocenters. The van der Waals surface area contributed by atoms with Gasteiger partial charge in [-0.15, -0.1) is 0 Å². The number of likely N-dealkylation sites (tertiary alicyclic amines) is 1. The zero-order chi connectivity index (χ0) is 18.6. The first-order valence-corrected chi connectivity index (χ1v) is 10.1. The Morgan fingerprint density at radius 1 is 1.04 bits per heavy atom. The second kappa shape index (κ2) is 8.07. The van der Waals surface area contributed by atoms with Gasteiger partial charge in [-0.1, -0.05) is 31.0 Å². The van der Waals surface area contributed by atoms with Gasteiger partial charge in [-0.25, -0.2) is 0 Å². The third kappa shape index (κ3) is 3.97. The molecule has 1 N–H and O–H groups in total. The normalized spacial score (nSPS) is 22.7. The van der Waals surface area contributed by atoms with E-state index in [4.69, 9.17) is 0 Å². The highest BCUT2D eigenvalue weighted by Crippen LogP contribution is 2.32. The fraction of sp³-hybridized carbons (Fsp3) is 0.500. The van der Waals surface area contributed by atoms with Crippen molar-refractivity contribution in [3.05, 3.63) is 42.1 Å². The summed E-state index contributed by atoms with van der Waals surface area (Å²) in [6.07, 6.45) is 7.71. The van der Waals surface area contributed by atoms with E-state index in [1.165, 1.54) is 0 Å². The van der Waals surface area contributed by atoms with Crippen LogP contribution in [0.5, 0.6) is 0 Å². The highest BCUT2D eigenvalue weighted by atomic mass is 16.2. The Bertz CT molecular complexity index is 829. The van der Waals surface area contributed by atoms with Crippen LogP contribution >= 0.6 is 0 Å². The Kier molecular flexibility index (Phi) is 5.37. The molecule has 0 radical (unpaired) electrons. The fourth-order valence-electron chi connectivity index (χ4n) is 4.45. The molecule has 2 aromatic rings. The van der Waals surface area contributed by atoms with Crippen LogP contribution in [0.1, 0.15) is 44.1 Å². The summed E-state index contributed by atoms with van der Waals surface area (Å²) in [6.45, 7) is 2.16. The van der Waals surface area contributed by atoms with E-state index in [0.717, 1.165) is 68.1 Å². The molecule has 1 saturated heterocycles. The number of hydrogen-bond acceptors (Lipinski definition) is 3. The van der Waals surface area contributed by atoms with E-state index in [-0.39, 0.29) is 23.7 Å². The van der Waals surface area contributed by atoms with Gasteiger partial charge in [-0.2, -0.15) is 0 Å². The number of nitrogens with one attached hydrogen (secondary N) is 1. The number of benzene rings is 1. The third-order valence-electron chi connectivity index (χ3n) is 5.95. The van der Waals surface area contributed by atoms with Gasteiger partial charge in [0.2, 0.25) is 11.8 Å². The summed E-state index contributed by atoms with van der Waals surface area (Å²) in [7, 11) is 0. The van der Waals surface area contributed by atoms with Crippen LogP contribution in [0.3, 0.4) is 0 Å². The molecule has 2 amide bonds. The van der Waals surface area contributed by atoms with Crippen LogP contribution in [0.15, 0.2) is 36.5 Å². The first kappa shape index (κ1) is 18.0. The monoisotopic (exact) mass is 365 g/mol. The Morgan fingerprint density at radius 3 is 2.59 bits per heavy atom. The minimum absolute atomic E-state index is 0.0143. The molecule has 2 fully saturated rings. The Balaban J connectivity index is 1.41. The van der Waals surface area contributed by atoms with Gasteiger partial charge in [0.25, 0.3) is 0 Å². The molecule has 1 aliphatic carbocycles. The second-order valence-electron chi connectivity index (χ2n) is 7.78. The van der Waals surface area contributed by atoms with E-state index in [1.807, 2.05) is 35.4 Å². The summed E-state index contributed by atoms with van der Waals surface area (Å²) < 4.78 is 0. The van der Waals surface area contributed by atoms with Crippen molar-refractivity contribution in [2.75, 3.05) is 13.1 Å². The first-order chi connectivity index (χ1) is 13.2. The minimum atomic E-state index is -0.194. The van der Waals surface area contributed by atoms with Gasteiger partial charge in [0, 0.05) is 43.1 Å². The van der Waals surface area contributed by atoms with Crippen molar-refractivity contribution in [1.29, 1.82) is 0 Å². The molecule has 1 aromatic heterocycles. The van der Waals surface area contributed by atoms with Gasteiger partial charge in [-0.3, -0.25) is 14.6 Å². The number of amides is 2. The molecule has 5 nitrogen and oxygen atoms in total. The van der Waals surface area contributed by atoms with E-state index in [1.54, 1.807) is 0 Å². The van der Waals surface area contributed by atoms with Crippen LogP contribution in [0.2, 0.25) is 0 Å². The molecule has 0 bridgehead atoms. The smallest absolute Gasteiger partial charge is 0.226 e. The number of carbonyl (C=O) groups excluding carboxylic acids is 2. The topological polar surface area (TPSA) is 62.3 Å². The number of hydrogen-bond donors (Lipinski definition) is 1. The molecule has 5 heteroatoms. The number of rotatable bonds is 4. The standard InChI is InChI=1S/C22H27N3O2/c26-21(24-15-16-13-17-7-1-4-10-20(17)23-14-16)18-8-2-3-9-19(18)22(27)25-11-5-6-12-25/h1,4,7,10,13-14,18-19H,2-3,5-6,8-9,11-12,15H2,(H,24,26)/t18-,19+/m1/s1. The maximum atomic E-state index is 12.9. The number of para-hydroxylation sites is 1. The van der Waals surface area contributed by atoms with E-state index < -0.39 is 0 Å². The zero-order valence-electron chi connectivity index (χ0n) is 15.7. The zero-order valence-corrected chi connectivity index (χ0v) is 15.7. The van der Waals surface area contributed by atoms with E-state index in [2.05, 4.69) is 16.4 Å². The van der Waals surface area contributed by atoms with E-state index in [0.29, 0.717) is 6.54 Å². The molecule has 27 heavy (non-hydrogen) atoms. The third-order valence-corrected chi connectivity index (χ3v) is 5.95. The van der Waals surface area contributed by atoms with Crippen molar-refractivity contribution < 1.29 is 9.59 Å². The van der Waals surface area contributed by atoms with Crippen LogP contribution in [-0.2, 0) is 16.1 Å². The lowest BCUT2D eigenvalue weighted by molar-refractivity contribution is -0.142. The number of carbonyl (C=O) groups is 2. The molecule has 1 saturated carbocycles. The van der Waals surface area contributed by atoms with Crippen molar-refractivity contribution in [2.45, 2.75) is 45.1 Å². The molecule has 1 aromatic carbocycles. The Hall–Kier alpha value is -2.43. The minimum Gasteiger partial charge on any atom is -0.352 e. The van der Waals surface area contributed by atoms with Crippen molar-refractivity contribution in [3.63, 3.8) is 0 Å². The number of nitrogens with zero attached hydrogens (tertiary/aromatic N) is 2. The molecular formula is C22H27N3O2. The van der Waals surface area contributed by atoms with Crippen molar-refractivity contribution in [2.24, 2.45) is 11.8 Å². The van der Waals surface area contributed by atoms with Crippen molar-refractivity contribution in [3.8, 4) is 0 Å². The van der Waals surface area contributed by atoms with Gasteiger partial charge in [0.15, 0.2) is 0 Å². The quantitative estimate of drug-likeness (QED) is 0.904. The molecule has 0 unspecified atom stereocenters. The molecule has 1 aliphatic heterocycles. The SMILES string of the molecule is O=C(NCc1cnc2ccccc2c1)[C@@H]1CCCC[C@@H]1C(=O)N1CCCC1. The van der Waals surface area contributed by atoms with Crippen LogP contribution < -0.4 is 5.32 Å². The molecule has 2 aliphatic rings. The number of fused-ring (bicyclic) bond motifs is 1. The Morgan fingerprint density at radius 2 is 1.78 bits per heavy atom. The van der Waals surface area contributed by atoms with Crippen molar-refractivity contribution >= 4 is 22.7 Å². The van der Waals surface area contributed by atoms with Crippen molar-refractivity contribution in [1.82, 2.24) is 15.2 Å². The van der Waals surface area contributed by atoms with Crippen LogP contribution in [0.4, 0.5) is 0 Å². The fourth-order valence-corrected chi connectivity index (χ4v) is 4.45. The van der Waals surface area contributed by atoms with Crippen LogP contribution in [0, 0.1) is 11.8 Å². The van der Waals surface area contributed by atoms with Gasteiger partial charge in [0.1, 0.15) is 0 Å². The largest absolute Gasteiger partial charge is 0.352 e. The predicted octanol–water partition coefficient (Wildman–Crippen LogP) is 3.28. The molecular weight excluding hydrogens is 338 g/mol. The molecule has 2 heterocycles. The average Bonchev–Trinajstić information content (AvgIpc) is 3.26. The molecule has 142 valence electrons. The summed E-state index contributed by atoms with van der Waals surface area (Å²) >= 11 is 0. The highest BCUT2D eigenvalue weighted by molar-refractivity contribution is 5.88. The van der Waals surface area contributed by atoms with Gasteiger partial charge < -0.3 is 10.2 Å². The predicted molar refractivity (Wildman–Crippen MR) is 105 cm³/mol. The Labute approximate surface area is 160 Å². The lowest BCUT2D eigenvalue weighted by Gasteiger charge is -2.32. The van der Waals surface area contributed by atoms with Crippen LogP contribution in [-0.4, -0.2) is 34.8 Å². The second-order valence-corrected chi connectivity index (χ2v) is 7.78. The lowest BCUT2D eigenvalue weighted by atomic mass is 9.78. The van der Waals surface area contributed by atoms with Gasteiger partial charge in [0.05, 0.1) is 5.52 Å².